The molecule has 2 aromatic rings. The summed E-state index contributed by atoms with van der Waals surface area (Å²) in [6, 6.07) is 4.47. The van der Waals surface area contributed by atoms with Crippen LogP contribution in [0.1, 0.15) is 37.6 Å². The maximum Gasteiger partial charge on any atom is 0.254 e. The normalized spacial score (nSPS) is 10.8. The van der Waals surface area contributed by atoms with E-state index in [1.165, 1.54) is 24.1 Å². The van der Waals surface area contributed by atoms with Gasteiger partial charge >= 0.3 is 0 Å². The molecule has 0 saturated carbocycles. The number of rotatable bonds is 10. The highest BCUT2D eigenvalue weighted by Gasteiger charge is 2.23. The number of anilines is 1. The lowest BCUT2D eigenvalue weighted by atomic mass is 10.1. The Labute approximate surface area is 195 Å². The number of halogens is 4. The second kappa shape index (κ2) is 11.8. The fraction of sp³-hybridized carbons (Fsp3) is 0.391. The second-order valence-corrected chi connectivity index (χ2v) is 8.10. The molecule has 0 atom stereocenters. The van der Waals surface area contributed by atoms with Crippen molar-refractivity contribution < 1.29 is 32.2 Å². The van der Waals surface area contributed by atoms with Gasteiger partial charge < -0.3 is 19.7 Å². The summed E-state index contributed by atoms with van der Waals surface area (Å²) < 4.78 is 51.4. The molecule has 0 fully saturated rings. The van der Waals surface area contributed by atoms with Crippen LogP contribution in [0.3, 0.4) is 0 Å². The van der Waals surface area contributed by atoms with E-state index in [9.17, 15) is 22.8 Å². The van der Waals surface area contributed by atoms with Crippen molar-refractivity contribution in [2.45, 2.75) is 27.2 Å². The minimum Gasteiger partial charge on any atom is -0.493 e. The van der Waals surface area contributed by atoms with Gasteiger partial charge in [-0.1, -0.05) is 32.4 Å². The predicted octanol–water partition coefficient (Wildman–Crippen LogP) is 5.29. The molecule has 6 nitrogen and oxygen atoms in total. The Bertz CT molecular complexity index is 1020. The Morgan fingerprint density at radius 1 is 1.15 bits per heavy atom. The minimum absolute atomic E-state index is 0.161. The molecule has 0 aliphatic carbocycles. The summed E-state index contributed by atoms with van der Waals surface area (Å²) in [7, 11) is 1.41. The van der Waals surface area contributed by atoms with E-state index in [1.54, 1.807) is 0 Å². The first-order valence-corrected chi connectivity index (χ1v) is 10.7. The van der Waals surface area contributed by atoms with Gasteiger partial charge in [0.15, 0.2) is 29.0 Å². The molecular formula is C23H26ClF3N2O4. The molecule has 180 valence electrons. The van der Waals surface area contributed by atoms with Crippen molar-refractivity contribution in [2.24, 2.45) is 5.92 Å². The van der Waals surface area contributed by atoms with Crippen molar-refractivity contribution in [3.05, 3.63) is 52.3 Å². The molecule has 0 heterocycles. The lowest BCUT2D eigenvalue weighted by molar-refractivity contribution is -0.116. The molecular weight excluding hydrogens is 461 g/mol. The largest absolute Gasteiger partial charge is 0.493 e. The average molecular weight is 487 g/mol. The first kappa shape index (κ1) is 26.3. The number of nitrogens with one attached hydrogen (secondary N) is 1. The fourth-order valence-electron chi connectivity index (χ4n) is 2.92. The van der Waals surface area contributed by atoms with Gasteiger partial charge in [-0.3, -0.25) is 9.59 Å². The quantitative estimate of drug-likeness (QED) is 0.463. The zero-order chi connectivity index (χ0) is 24.7. The summed E-state index contributed by atoms with van der Waals surface area (Å²) in [6.07, 6.45) is 0.527. The third-order valence-electron chi connectivity index (χ3n) is 4.46. The first-order valence-electron chi connectivity index (χ1n) is 10.3. The van der Waals surface area contributed by atoms with Crippen molar-refractivity contribution in [2.75, 3.05) is 32.1 Å². The van der Waals surface area contributed by atoms with Crippen molar-refractivity contribution in [3.8, 4) is 11.5 Å². The molecule has 0 bridgehead atoms. The van der Waals surface area contributed by atoms with E-state index in [-0.39, 0.29) is 28.8 Å². The number of carbonyl (C=O) groups excluding carboxylic acids is 2. The van der Waals surface area contributed by atoms with E-state index in [0.717, 1.165) is 6.07 Å². The van der Waals surface area contributed by atoms with E-state index in [1.807, 2.05) is 20.8 Å². The van der Waals surface area contributed by atoms with E-state index in [2.05, 4.69) is 5.32 Å². The topological polar surface area (TPSA) is 67.9 Å². The van der Waals surface area contributed by atoms with Crippen LogP contribution in [-0.2, 0) is 4.79 Å². The van der Waals surface area contributed by atoms with Gasteiger partial charge in [0.1, 0.15) is 6.54 Å². The minimum atomic E-state index is -1.70. The number of carbonyl (C=O) groups is 2. The maximum atomic E-state index is 13.9. The summed E-state index contributed by atoms with van der Waals surface area (Å²) in [5.41, 5.74) is -0.367. The van der Waals surface area contributed by atoms with Gasteiger partial charge in [0, 0.05) is 12.1 Å². The number of hydrogen-bond acceptors (Lipinski definition) is 4. The number of benzene rings is 2. The Hall–Kier alpha value is -2.94. The predicted molar refractivity (Wildman–Crippen MR) is 119 cm³/mol. The van der Waals surface area contributed by atoms with Gasteiger partial charge in [0.05, 0.1) is 24.4 Å². The van der Waals surface area contributed by atoms with E-state index in [0.29, 0.717) is 24.8 Å². The highest BCUT2D eigenvalue weighted by Crippen LogP contribution is 2.37. The van der Waals surface area contributed by atoms with Crippen molar-refractivity contribution in [1.29, 1.82) is 0 Å². The number of nitrogens with zero attached hydrogens (tertiary/aromatic N) is 1. The second-order valence-electron chi connectivity index (χ2n) is 7.69. The number of amides is 2. The highest BCUT2D eigenvalue weighted by molar-refractivity contribution is 6.32. The highest BCUT2D eigenvalue weighted by atomic mass is 35.5. The average Bonchev–Trinajstić information content (AvgIpc) is 2.77. The van der Waals surface area contributed by atoms with Crippen LogP contribution in [0.25, 0.3) is 0 Å². The summed E-state index contributed by atoms with van der Waals surface area (Å²) in [5.74, 6) is -5.09. The zero-order valence-corrected chi connectivity index (χ0v) is 19.6. The molecule has 0 unspecified atom stereocenters. The van der Waals surface area contributed by atoms with Gasteiger partial charge in [-0.15, -0.1) is 0 Å². The van der Waals surface area contributed by atoms with Crippen LogP contribution in [0.15, 0.2) is 24.3 Å². The van der Waals surface area contributed by atoms with Gasteiger partial charge in [0.2, 0.25) is 5.91 Å². The fourth-order valence-corrected chi connectivity index (χ4v) is 3.19. The molecule has 0 saturated heterocycles. The van der Waals surface area contributed by atoms with Crippen LogP contribution in [0.4, 0.5) is 18.9 Å². The Kier molecular flexibility index (Phi) is 9.40. The Morgan fingerprint density at radius 2 is 1.85 bits per heavy atom. The first-order chi connectivity index (χ1) is 15.6. The van der Waals surface area contributed by atoms with Crippen LogP contribution in [-0.4, -0.2) is 43.5 Å². The van der Waals surface area contributed by atoms with E-state index < -0.39 is 41.5 Å². The van der Waals surface area contributed by atoms with Crippen molar-refractivity contribution >= 4 is 29.1 Å². The van der Waals surface area contributed by atoms with Crippen LogP contribution in [0, 0.1) is 23.4 Å². The van der Waals surface area contributed by atoms with Crippen LogP contribution >= 0.6 is 11.6 Å². The van der Waals surface area contributed by atoms with Crippen LogP contribution in [0.5, 0.6) is 11.5 Å². The van der Waals surface area contributed by atoms with Gasteiger partial charge in [-0.05, 0) is 36.6 Å². The van der Waals surface area contributed by atoms with Crippen LogP contribution in [0.2, 0.25) is 5.02 Å². The van der Waals surface area contributed by atoms with Crippen LogP contribution < -0.4 is 14.8 Å². The summed E-state index contributed by atoms with van der Waals surface area (Å²) in [6.45, 7) is 5.90. The van der Waals surface area contributed by atoms with Crippen molar-refractivity contribution in [3.63, 3.8) is 0 Å². The summed E-state index contributed by atoms with van der Waals surface area (Å²) in [5, 5.41) is 2.33. The van der Waals surface area contributed by atoms with Gasteiger partial charge in [0.25, 0.3) is 5.91 Å². The molecule has 2 amide bonds. The zero-order valence-electron chi connectivity index (χ0n) is 18.8. The summed E-state index contributed by atoms with van der Waals surface area (Å²) >= 11 is 6.32. The number of hydrogen-bond donors (Lipinski definition) is 1. The molecule has 2 rings (SSSR count). The SMILES string of the molecule is CCCN(CC(=O)Nc1ccc(F)c(F)c1F)C(=O)c1cc(Cl)c(OCC(C)C)c(OC)c1. The smallest absolute Gasteiger partial charge is 0.254 e. The third-order valence-corrected chi connectivity index (χ3v) is 4.74. The van der Waals surface area contributed by atoms with E-state index in [4.69, 9.17) is 21.1 Å². The molecule has 1 N–H and O–H groups in total. The molecule has 0 aromatic heterocycles. The standard InChI is InChI=1S/C23H26ClF3N2O4/c1-5-8-29(11-19(30)28-17-7-6-16(25)20(26)21(17)27)23(31)14-9-15(24)22(18(10-14)32-4)33-12-13(2)3/h6-7,9-10,13H,5,8,11-12H2,1-4H3,(H,28,30). The monoisotopic (exact) mass is 486 g/mol. The lowest BCUT2D eigenvalue weighted by Gasteiger charge is -2.23. The Balaban J connectivity index is 2.23. The number of methoxy groups -OCH3 is 1. The lowest BCUT2D eigenvalue weighted by Crippen LogP contribution is -2.38. The molecule has 33 heavy (non-hydrogen) atoms. The van der Waals surface area contributed by atoms with Crippen molar-refractivity contribution in [1.82, 2.24) is 4.90 Å². The summed E-state index contributed by atoms with van der Waals surface area (Å²) in [4.78, 5) is 26.7. The molecule has 0 radical (unpaired) electrons. The third kappa shape index (κ3) is 6.77. The van der Waals surface area contributed by atoms with E-state index >= 15 is 0 Å². The Morgan fingerprint density at radius 3 is 2.45 bits per heavy atom. The molecule has 10 heteroatoms. The molecule has 0 spiro atoms. The van der Waals surface area contributed by atoms with Gasteiger partial charge in [-0.25, -0.2) is 13.2 Å². The number of ether oxygens (including phenoxy) is 2. The maximum absolute atomic E-state index is 13.9. The van der Waals surface area contributed by atoms with Gasteiger partial charge in [-0.2, -0.15) is 0 Å². The molecule has 2 aromatic carbocycles. The molecule has 0 aliphatic heterocycles. The molecule has 0 aliphatic rings.